The van der Waals surface area contributed by atoms with E-state index in [2.05, 4.69) is 31.6 Å². The zero-order valence-electron chi connectivity index (χ0n) is 21.6. The highest BCUT2D eigenvalue weighted by Gasteiger charge is 2.19. The molecule has 1 atom stereocenters. The lowest BCUT2D eigenvalue weighted by Crippen LogP contribution is -2.39. The lowest BCUT2D eigenvalue weighted by molar-refractivity contribution is -0.140. The highest BCUT2D eigenvalue weighted by Crippen LogP contribution is 2.34. The molecule has 0 spiro atoms. The third-order valence-electron chi connectivity index (χ3n) is 6.39. The average Bonchev–Trinajstić information content (AvgIpc) is 3.45. The molecule has 0 aliphatic carbocycles. The van der Waals surface area contributed by atoms with E-state index >= 15 is 4.39 Å². The summed E-state index contributed by atoms with van der Waals surface area (Å²) in [6, 6.07) is 22.4. The third-order valence-corrected chi connectivity index (χ3v) is 7.33. The number of carboxylic acids is 1. The van der Waals surface area contributed by atoms with E-state index in [1.54, 1.807) is 18.2 Å². The summed E-state index contributed by atoms with van der Waals surface area (Å²) in [7, 11) is 0. The Bertz CT molecular complexity index is 1660. The maximum absolute atomic E-state index is 15.2. The van der Waals surface area contributed by atoms with Gasteiger partial charge in [-0.1, -0.05) is 54.6 Å². The highest BCUT2D eigenvalue weighted by atomic mass is 79.9. The Kier molecular flexibility index (Phi) is 8.88. The summed E-state index contributed by atoms with van der Waals surface area (Å²) >= 11 is 3.66. The topological polar surface area (TPSA) is 127 Å². The summed E-state index contributed by atoms with van der Waals surface area (Å²) < 4.78 is 32.8. The predicted molar refractivity (Wildman–Crippen MR) is 152 cm³/mol. The van der Waals surface area contributed by atoms with E-state index < -0.39 is 24.4 Å². The number of aliphatic hydroxyl groups is 1. The number of ether oxygens (including phenoxy) is 2. The normalized spacial score (nSPS) is 11.9. The van der Waals surface area contributed by atoms with Crippen LogP contribution in [0.1, 0.15) is 16.7 Å². The Hall–Kier alpha value is -4.32. The van der Waals surface area contributed by atoms with Gasteiger partial charge in [0.05, 0.1) is 6.61 Å². The molecule has 0 aliphatic rings. The van der Waals surface area contributed by atoms with Gasteiger partial charge in [0, 0.05) is 28.2 Å². The molecule has 41 heavy (non-hydrogen) atoms. The Morgan fingerprint density at radius 1 is 0.927 bits per heavy atom. The minimum atomic E-state index is -1.23. The minimum absolute atomic E-state index is 0.0335. The first-order valence-corrected chi connectivity index (χ1v) is 13.4. The SMILES string of the molecule is O=C(O)C(CO)NCc1cc(F)c(OCc2cccc(-c3ccccc3)c2Br)cc1OCc1ccc2nonc2c1. The van der Waals surface area contributed by atoms with Gasteiger partial charge in [-0.05, 0) is 61.1 Å². The standard InChI is InChI=1S/C30H25BrFN3O6/c31-29-20(7-4-8-22(29)19-5-2-1-3-6-19)17-40-28-13-27(21(12-23(28)32)14-33-26(15-36)30(37)38)39-16-18-9-10-24-25(11-18)35-41-34-24/h1-13,26,33,36H,14-17H2,(H,37,38). The van der Waals surface area contributed by atoms with Gasteiger partial charge in [-0.25, -0.2) is 9.02 Å². The number of halogens is 2. The molecule has 0 bridgehead atoms. The molecule has 1 heterocycles. The van der Waals surface area contributed by atoms with Crippen molar-refractivity contribution in [2.45, 2.75) is 25.8 Å². The number of aliphatic carboxylic acids is 1. The first kappa shape index (κ1) is 28.2. The van der Waals surface area contributed by atoms with Gasteiger partial charge in [-0.3, -0.25) is 10.1 Å². The predicted octanol–water partition coefficient (Wildman–Crippen LogP) is 5.48. The van der Waals surface area contributed by atoms with Crippen molar-refractivity contribution in [1.82, 2.24) is 15.6 Å². The fourth-order valence-corrected chi connectivity index (χ4v) is 4.80. The molecule has 1 aromatic heterocycles. The summed E-state index contributed by atoms with van der Waals surface area (Å²) in [6.07, 6.45) is 0. The van der Waals surface area contributed by atoms with E-state index in [9.17, 15) is 15.0 Å². The average molecular weight is 622 g/mol. The van der Waals surface area contributed by atoms with Crippen molar-refractivity contribution in [2.24, 2.45) is 0 Å². The second-order valence-corrected chi connectivity index (χ2v) is 9.95. The van der Waals surface area contributed by atoms with E-state index in [0.717, 1.165) is 26.7 Å². The van der Waals surface area contributed by atoms with Crippen molar-refractivity contribution in [2.75, 3.05) is 6.61 Å². The van der Waals surface area contributed by atoms with Crippen molar-refractivity contribution in [1.29, 1.82) is 0 Å². The number of aromatic nitrogens is 2. The number of rotatable bonds is 12. The number of hydrogen-bond acceptors (Lipinski definition) is 8. The summed E-state index contributed by atoms with van der Waals surface area (Å²) in [6.45, 7) is -0.511. The summed E-state index contributed by atoms with van der Waals surface area (Å²) in [5.41, 5.74) is 5.11. The number of benzene rings is 4. The van der Waals surface area contributed by atoms with Crippen LogP contribution in [0.2, 0.25) is 0 Å². The fourth-order valence-electron chi connectivity index (χ4n) is 4.19. The largest absolute Gasteiger partial charge is 0.488 e. The van der Waals surface area contributed by atoms with Crippen molar-refractivity contribution in [3.8, 4) is 22.6 Å². The number of fused-ring (bicyclic) bond motifs is 1. The second-order valence-electron chi connectivity index (χ2n) is 9.15. The number of aliphatic hydroxyl groups excluding tert-OH is 1. The van der Waals surface area contributed by atoms with Crippen LogP contribution in [0.3, 0.4) is 0 Å². The van der Waals surface area contributed by atoms with Crippen LogP contribution in [0.25, 0.3) is 22.2 Å². The number of carbonyl (C=O) groups is 1. The molecule has 1 unspecified atom stereocenters. The van der Waals surface area contributed by atoms with Crippen LogP contribution in [0.4, 0.5) is 4.39 Å². The van der Waals surface area contributed by atoms with Crippen LogP contribution < -0.4 is 14.8 Å². The van der Waals surface area contributed by atoms with Crippen molar-refractivity contribution in [3.63, 3.8) is 0 Å². The lowest BCUT2D eigenvalue weighted by atomic mass is 10.0. The van der Waals surface area contributed by atoms with Crippen LogP contribution >= 0.6 is 15.9 Å². The Morgan fingerprint density at radius 2 is 1.71 bits per heavy atom. The molecule has 0 saturated carbocycles. The number of nitrogens with zero attached hydrogens (tertiary/aromatic N) is 2. The minimum Gasteiger partial charge on any atom is -0.488 e. The van der Waals surface area contributed by atoms with Crippen LogP contribution in [-0.4, -0.2) is 39.1 Å². The van der Waals surface area contributed by atoms with E-state index in [1.165, 1.54) is 12.1 Å². The maximum atomic E-state index is 15.2. The first-order chi connectivity index (χ1) is 19.9. The van der Waals surface area contributed by atoms with E-state index in [-0.39, 0.29) is 31.3 Å². The molecule has 11 heteroatoms. The Labute approximate surface area is 242 Å². The summed E-state index contributed by atoms with van der Waals surface area (Å²) in [5.74, 6) is -1.62. The van der Waals surface area contributed by atoms with Crippen molar-refractivity contribution in [3.05, 3.63) is 106 Å². The van der Waals surface area contributed by atoms with Gasteiger partial charge in [-0.15, -0.1) is 0 Å². The van der Waals surface area contributed by atoms with Crippen LogP contribution in [0, 0.1) is 5.82 Å². The molecule has 3 N–H and O–H groups in total. The lowest BCUT2D eigenvalue weighted by Gasteiger charge is -2.18. The molecule has 210 valence electrons. The Morgan fingerprint density at radius 3 is 2.49 bits per heavy atom. The zero-order chi connectivity index (χ0) is 28.8. The van der Waals surface area contributed by atoms with Crippen molar-refractivity contribution < 1.29 is 33.5 Å². The molecule has 0 fully saturated rings. The monoisotopic (exact) mass is 621 g/mol. The third kappa shape index (κ3) is 6.71. The van der Waals surface area contributed by atoms with Gasteiger partial charge < -0.3 is 19.7 Å². The zero-order valence-corrected chi connectivity index (χ0v) is 23.2. The molecule has 5 aromatic rings. The van der Waals surface area contributed by atoms with Gasteiger partial charge in [0.1, 0.15) is 36.0 Å². The van der Waals surface area contributed by atoms with Crippen molar-refractivity contribution >= 4 is 32.9 Å². The number of carboxylic acid groups (broad SMARTS) is 1. The Balaban J connectivity index is 1.38. The number of nitrogens with one attached hydrogen (secondary N) is 1. The quantitative estimate of drug-likeness (QED) is 0.166. The molecule has 9 nitrogen and oxygen atoms in total. The highest BCUT2D eigenvalue weighted by molar-refractivity contribution is 9.10. The van der Waals surface area contributed by atoms with E-state index in [4.69, 9.17) is 14.1 Å². The van der Waals surface area contributed by atoms with Gasteiger partial charge in [0.15, 0.2) is 11.6 Å². The smallest absolute Gasteiger partial charge is 0.323 e. The molecule has 4 aromatic carbocycles. The molecule has 0 saturated heterocycles. The summed E-state index contributed by atoms with van der Waals surface area (Å²) in [4.78, 5) is 11.3. The molecule has 0 aliphatic heterocycles. The maximum Gasteiger partial charge on any atom is 0.323 e. The molecular formula is C30H25BrFN3O6. The van der Waals surface area contributed by atoms with Crippen LogP contribution in [0.15, 0.2) is 88.0 Å². The molecule has 5 rings (SSSR count). The number of hydrogen-bond donors (Lipinski definition) is 3. The molecule has 0 amide bonds. The van der Waals surface area contributed by atoms with E-state index in [1.807, 2.05) is 48.5 Å². The van der Waals surface area contributed by atoms with Crippen LogP contribution in [-0.2, 0) is 24.6 Å². The van der Waals surface area contributed by atoms with Gasteiger partial charge >= 0.3 is 5.97 Å². The van der Waals surface area contributed by atoms with Gasteiger partial charge in [0.2, 0.25) is 0 Å². The molecular weight excluding hydrogens is 597 g/mol. The fraction of sp³-hybridized carbons (Fsp3) is 0.167. The molecule has 0 radical (unpaired) electrons. The van der Waals surface area contributed by atoms with Gasteiger partial charge in [0.25, 0.3) is 0 Å². The first-order valence-electron chi connectivity index (χ1n) is 12.6. The summed E-state index contributed by atoms with van der Waals surface area (Å²) in [5, 5.41) is 29.0. The van der Waals surface area contributed by atoms with Gasteiger partial charge in [-0.2, -0.15) is 0 Å². The van der Waals surface area contributed by atoms with E-state index in [0.29, 0.717) is 16.6 Å². The second kappa shape index (κ2) is 12.9. The van der Waals surface area contributed by atoms with Crippen LogP contribution in [0.5, 0.6) is 11.5 Å².